The summed E-state index contributed by atoms with van der Waals surface area (Å²) in [5, 5.41) is 8.68. The third-order valence-electron chi connectivity index (χ3n) is 7.33. The normalized spacial score (nSPS) is 12.1. The number of carbonyl (C=O) groups is 2. The standard InChI is InChI=1S/C32H62O4/c1-3-5-7-8-9-10-11-12-13-14-18-21-25-29-32(35)36-30(26-22-6-4-2)27-23-19-16-15-17-20-24-28-31(33)34/h30H,3-29H2,1-2H3,(H,33,34). The van der Waals surface area contributed by atoms with Gasteiger partial charge in [0.2, 0.25) is 0 Å². The zero-order valence-corrected chi connectivity index (χ0v) is 24.3. The van der Waals surface area contributed by atoms with Crippen LogP contribution in [0.3, 0.4) is 0 Å². The predicted octanol–water partition coefficient (Wildman–Crippen LogP) is 10.6. The van der Waals surface area contributed by atoms with Crippen LogP contribution >= 0.6 is 0 Å². The van der Waals surface area contributed by atoms with Gasteiger partial charge in [-0.25, -0.2) is 0 Å². The quantitative estimate of drug-likeness (QED) is 0.0802. The molecular weight excluding hydrogens is 448 g/mol. The molecule has 0 aliphatic rings. The van der Waals surface area contributed by atoms with Gasteiger partial charge in [0.1, 0.15) is 6.10 Å². The Balaban J connectivity index is 3.74. The minimum absolute atomic E-state index is 0.0120. The summed E-state index contributed by atoms with van der Waals surface area (Å²) < 4.78 is 5.89. The number of carbonyl (C=O) groups excluding carboxylic acids is 1. The topological polar surface area (TPSA) is 63.6 Å². The van der Waals surface area contributed by atoms with E-state index >= 15 is 0 Å². The Morgan fingerprint density at radius 3 is 1.28 bits per heavy atom. The Bertz CT molecular complexity index is 477. The molecule has 4 nitrogen and oxygen atoms in total. The third kappa shape index (κ3) is 27.5. The van der Waals surface area contributed by atoms with Crippen molar-refractivity contribution in [2.75, 3.05) is 0 Å². The number of aliphatic carboxylic acids is 1. The van der Waals surface area contributed by atoms with Crippen LogP contribution in [-0.2, 0) is 14.3 Å². The van der Waals surface area contributed by atoms with E-state index in [0.717, 1.165) is 57.8 Å². The van der Waals surface area contributed by atoms with Crippen LogP contribution in [0.5, 0.6) is 0 Å². The Labute approximate surface area is 224 Å². The molecule has 0 saturated heterocycles. The maximum Gasteiger partial charge on any atom is 0.306 e. The van der Waals surface area contributed by atoms with Gasteiger partial charge in [-0.15, -0.1) is 0 Å². The van der Waals surface area contributed by atoms with Crippen molar-refractivity contribution in [3.05, 3.63) is 0 Å². The molecule has 0 aromatic carbocycles. The van der Waals surface area contributed by atoms with Crippen molar-refractivity contribution in [1.82, 2.24) is 0 Å². The molecular formula is C32H62O4. The molecule has 36 heavy (non-hydrogen) atoms. The van der Waals surface area contributed by atoms with Crippen LogP contribution in [-0.4, -0.2) is 23.1 Å². The Kier molecular flexibility index (Phi) is 27.7. The average molecular weight is 511 g/mol. The Morgan fingerprint density at radius 1 is 0.500 bits per heavy atom. The van der Waals surface area contributed by atoms with Gasteiger partial charge < -0.3 is 9.84 Å². The van der Waals surface area contributed by atoms with Crippen LogP contribution in [0.1, 0.15) is 187 Å². The SMILES string of the molecule is CCCCCCCCCCCCCCCC(=O)OC(CCCCC)CCCCCCCCCC(=O)O. The van der Waals surface area contributed by atoms with Crippen molar-refractivity contribution in [3.8, 4) is 0 Å². The average Bonchev–Trinajstić information content (AvgIpc) is 2.85. The van der Waals surface area contributed by atoms with Crippen molar-refractivity contribution >= 4 is 11.9 Å². The highest BCUT2D eigenvalue weighted by Crippen LogP contribution is 2.18. The number of carboxylic acids is 1. The molecule has 0 bridgehead atoms. The van der Waals surface area contributed by atoms with Crippen molar-refractivity contribution in [2.45, 2.75) is 193 Å². The first-order valence-electron chi connectivity index (χ1n) is 16.0. The summed E-state index contributed by atoms with van der Waals surface area (Å²) >= 11 is 0. The number of esters is 1. The fourth-order valence-electron chi connectivity index (χ4n) is 4.95. The molecule has 0 amide bonds. The lowest BCUT2D eigenvalue weighted by Gasteiger charge is -2.18. The largest absolute Gasteiger partial charge is 0.481 e. The first-order chi connectivity index (χ1) is 17.6. The van der Waals surface area contributed by atoms with E-state index in [1.807, 2.05) is 0 Å². The van der Waals surface area contributed by atoms with Crippen LogP contribution in [0.25, 0.3) is 0 Å². The zero-order valence-electron chi connectivity index (χ0n) is 24.3. The fourth-order valence-corrected chi connectivity index (χ4v) is 4.95. The third-order valence-corrected chi connectivity index (χ3v) is 7.33. The first kappa shape index (κ1) is 34.9. The molecule has 214 valence electrons. The van der Waals surface area contributed by atoms with Gasteiger partial charge in [0, 0.05) is 12.8 Å². The van der Waals surface area contributed by atoms with Gasteiger partial charge in [0.05, 0.1) is 0 Å². The molecule has 1 N–H and O–H groups in total. The van der Waals surface area contributed by atoms with E-state index in [2.05, 4.69) is 13.8 Å². The van der Waals surface area contributed by atoms with Crippen LogP contribution in [0.4, 0.5) is 0 Å². The van der Waals surface area contributed by atoms with E-state index in [0.29, 0.717) is 12.8 Å². The van der Waals surface area contributed by atoms with Gasteiger partial charge in [0.25, 0.3) is 0 Å². The smallest absolute Gasteiger partial charge is 0.306 e. The van der Waals surface area contributed by atoms with Gasteiger partial charge in [0.15, 0.2) is 0 Å². The monoisotopic (exact) mass is 510 g/mol. The summed E-state index contributed by atoms with van der Waals surface area (Å²) in [6.07, 6.45) is 31.3. The lowest BCUT2D eigenvalue weighted by molar-refractivity contribution is -0.150. The summed E-state index contributed by atoms with van der Waals surface area (Å²) in [4.78, 5) is 22.9. The highest BCUT2D eigenvalue weighted by molar-refractivity contribution is 5.69. The minimum atomic E-state index is -0.687. The number of hydrogen-bond donors (Lipinski definition) is 1. The lowest BCUT2D eigenvalue weighted by Crippen LogP contribution is -2.18. The molecule has 1 atom stereocenters. The van der Waals surface area contributed by atoms with Crippen molar-refractivity contribution in [3.63, 3.8) is 0 Å². The van der Waals surface area contributed by atoms with Gasteiger partial charge in [-0.2, -0.15) is 0 Å². The van der Waals surface area contributed by atoms with E-state index in [9.17, 15) is 9.59 Å². The maximum atomic E-state index is 12.4. The molecule has 0 heterocycles. The second-order valence-electron chi connectivity index (χ2n) is 11.0. The van der Waals surface area contributed by atoms with E-state index < -0.39 is 5.97 Å². The van der Waals surface area contributed by atoms with Crippen molar-refractivity contribution < 1.29 is 19.4 Å². The van der Waals surface area contributed by atoms with Crippen molar-refractivity contribution in [2.24, 2.45) is 0 Å². The summed E-state index contributed by atoms with van der Waals surface area (Å²) in [6, 6.07) is 0. The predicted molar refractivity (Wildman–Crippen MR) is 154 cm³/mol. The van der Waals surface area contributed by atoms with Crippen molar-refractivity contribution in [1.29, 1.82) is 0 Å². The molecule has 0 saturated carbocycles. The van der Waals surface area contributed by atoms with E-state index in [4.69, 9.17) is 9.84 Å². The molecule has 4 heteroatoms. The molecule has 0 aliphatic carbocycles. The summed E-state index contributed by atoms with van der Waals surface area (Å²) in [5.41, 5.74) is 0. The summed E-state index contributed by atoms with van der Waals surface area (Å²) in [5.74, 6) is -0.675. The minimum Gasteiger partial charge on any atom is -0.481 e. The van der Waals surface area contributed by atoms with Gasteiger partial charge in [-0.1, -0.05) is 136 Å². The molecule has 0 aliphatic heterocycles. The van der Waals surface area contributed by atoms with Crippen LogP contribution in [0, 0.1) is 0 Å². The summed E-state index contributed by atoms with van der Waals surface area (Å²) in [6.45, 7) is 4.49. The van der Waals surface area contributed by atoms with E-state index in [1.165, 1.54) is 103 Å². The maximum absolute atomic E-state index is 12.4. The number of hydrogen-bond acceptors (Lipinski definition) is 3. The number of ether oxygens (including phenoxy) is 1. The Hall–Kier alpha value is -1.06. The molecule has 0 spiro atoms. The van der Waals surface area contributed by atoms with Crippen LogP contribution in [0.15, 0.2) is 0 Å². The van der Waals surface area contributed by atoms with Gasteiger partial charge in [-0.3, -0.25) is 9.59 Å². The van der Waals surface area contributed by atoms with Gasteiger partial charge in [-0.05, 0) is 38.5 Å². The molecule has 0 aromatic rings. The highest BCUT2D eigenvalue weighted by atomic mass is 16.5. The number of carboxylic acid groups (broad SMARTS) is 1. The lowest BCUT2D eigenvalue weighted by atomic mass is 10.0. The second kappa shape index (κ2) is 28.5. The molecule has 0 radical (unpaired) electrons. The molecule has 0 rings (SSSR count). The Morgan fingerprint density at radius 2 is 0.833 bits per heavy atom. The first-order valence-corrected chi connectivity index (χ1v) is 16.0. The molecule has 1 unspecified atom stereocenters. The van der Waals surface area contributed by atoms with E-state index in [1.54, 1.807) is 0 Å². The van der Waals surface area contributed by atoms with E-state index in [-0.39, 0.29) is 12.1 Å². The number of rotatable bonds is 29. The number of unbranched alkanes of at least 4 members (excludes halogenated alkanes) is 20. The van der Waals surface area contributed by atoms with Gasteiger partial charge >= 0.3 is 11.9 Å². The van der Waals surface area contributed by atoms with Crippen LogP contribution < -0.4 is 0 Å². The summed E-state index contributed by atoms with van der Waals surface area (Å²) in [7, 11) is 0. The fraction of sp³-hybridized carbons (Fsp3) is 0.938. The molecule has 0 fully saturated rings. The second-order valence-corrected chi connectivity index (χ2v) is 11.0. The van der Waals surface area contributed by atoms with Crippen LogP contribution in [0.2, 0.25) is 0 Å². The molecule has 0 aromatic heterocycles. The zero-order chi connectivity index (χ0) is 26.5. The highest BCUT2D eigenvalue weighted by Gasteiger charge is 2.14.